The number of nitriles is 1. The Bertz CT molecular complexity index is 347. The lowest BCUT2D eigenvalue weighted by molar-refractivity contribution is 0.858. The second-order valence-corrected chi connectivity index (χ2v) is 3.22. The van der Waals surface area contributed by atoms with Crippen LogP contribution in [0.25, 0.3) is 0 Å². The van der Waals surface area contributed by atoms with Crippen LogP contribution >= 0.6 is 0 Å². The maximum Gasteiger partial charge on any atom is 0.115 e. The van der Waals surface area contributed by atoms with E-state index >= 15 is 0 Å². The molecule has 0 amide bonds. The van der Waals surface area contributed by atoms with Crippen molar-refractivity contribution in [1.82, 2.24) is 9.97 Å². The van der Waals surface area contributed by atoms with E-state index in [1.807, 2.05) is 6.92 Å². The third-order valence-corrected chi connectivity index (χ3v) is 2.39. The molecule has 0 aromatic carbocycles. The molecule has 0 unspecified atom stereocenters. The standard InChI is InChI=1S/C9H9N3/c1-7-8(4-11-6-12-7)9(5-10)2-3-9/h4,6H,2-3H2,1H3. The lowest BCUT2D eigenvalue weighted by Crippen LogP contribution is -2.06. The topological polar surface area (TPSA) is 49.6 Å². The number of aryl methyl sites for hydroxylation is 1. The van der Waals surface area contributed by atoms with Gasteiger partial charge in [0.1, 0.15) is 6.33 Å². The van der Waals surface area contributed by atoms with Crippen LogP contribution in [0.3, 0.4) is 0 Å². The zero-order valence-corrected chi connectivity index (χ0v) is 6.91. The van der Waals surface area contributed by atoms with Crippen molar-refractivity contribution in [2.24, 2.45) is 0 Å². The molecule has 0 saturated heterocycles. The molecule has 0 N–H and O–H groups in total. The van der Waals surface area contributed by atoms with Gasteiger partial charge in [-0.3, -0.25) is 0 Å². The van der Waals surface area contributed by atoms with E-state index in [0.29, 0.717) is 0 Å². The van der Waals surface area contributed by atoms with E-state index in [1.165, 1.54) is 6.33 Å². The van der Waals surface area contributed by atoms with Gasteiger partial charge in [0.25, 0.3) is 0 Å². The van der Waals surface area contributed by atoms with Crippen molar-refractivity contribution in [3.63, 3.8) is 0 Å². The van der Waals surface area contributed by atoms with E-state index in [-0.39, 0.29) is 5.41 Å². The summed E-state index contributed by atoms with van der Waals surface area (Å²) in [5, 5.41) is 8.93. The monoisotopic (exact) mass is 159 g/mol. The molecule has 1 aliphatic rings. The van der Waals surface area contributed by atoms with Gasteiger partial charge < -0.3 is 0 Å². The predicted octanol–water partition coefficient (Wildman–Crippen LogP) is 1.34. The van der Waals surface area contributed by atoms with Gasteiger partial charge in [0.05, 0.1) is 11.5 Å². The first kappa shape index (κ1) is 7.23. The third-order valence-electron chi connectivity index (χ3n) is 2.39. The molecule has 0 atom stereocenters. The zero-order valence-electron chi connectivity index (χ0n) is 6.91. The number of nitrogens with zero attached hydrogens (tertiary/aromatic N) is 3. The molecule has 1 aromatic rings. The predicted molar refractivity (Wildman–Crippen MR) is 43.3 cm³/mol. The maximum atomic E-state index is 8.93. The van der Waals surface area contributed by atoms with Gasteiger partial charge in [0.2, 0.25) is 0 Å². The Labute approximate surface area is 71.1 Å². The van der Waals surface area contributed by atoms with Crippen LogP contribution in [0.4, 0.5) is 0 Å². The SMILES string of the molecule is Cc1ncncc1C1(C#N)CC1. The minimum absolute atomic E-state index is 0.245. The van der Waals surface area contributed by atoms with E-state index in [1.54, 1.807) is 6.20 Å². The lowest BCUT2D eigenvalue weighted by atomic mass is 9.98. The minimum atomic E-state index is -0.245. The first-order valence-electron chi connectivity index (χ1n) is 3.97. The van der Waals surface area contributed by atoms with Crippen LogP contribution in [0.2, 0.25) is 0 Å². The van der Waals surface area contributed by atoms with Crippen LogP contribution in [0, 0.1) is 18.3 Å². The van der Waals surface area contributed by atoms with Gasteiger partial charge in [0.15, 0.2) is 0 Å². The molecule has 0 spiro atoms. The average Bonchev–Trinajstić information content (AvgIpc) is 2.86. The third kappa shape index (κ3) is 0.884. The molecular weight excluding hydrogens is 150 g/mol. The first-order chi connectivity index (χ1) is 5.78. The molecule has 60 valence electrons. The van der Waals surface area contributed by atoms with Crippen molar-refractivity contribution in [1.29, 1.82) is 5.26 Å². The zero-order chi connectivity index (χ0) is 8.60. The highest BCUT2D eigenvalue weighted by Crippen LogP contribution is 2.47. The van der Waals surface area contributed by atoms with Crippen LogP contribution in [0.1, 0.15) is 24.1 Å². The summed E-state index contributed by atoms with van der Waals surface area (Å²) in [6.45, 7) is 1.93. The van der Waals surface area contributed by atoms with E-state index in [2.05, 4.69) is 16.0 Å². The Morgan fingerprint density at radius 3 is 2.83 bits per heavy atom. The Morgan fingerprint density at radius 1 is 1.58 bits per heavy atom. The molecule has 0 aliphatic heterocycles. The van der Waals surface area contributed by atoms with Gasteiger partial charge >= 0.3 is 0 Å². The molecule has 0 bridgehead atoms. The maximum absolute atomic E-state index is 8.93. The molecule has 1 heterocycles. The minimum Gasteiger partial charge on any atom is -0.244 e. The van der Waals surface area contributed by atoms with Crippen molar-refractivity contribution in [2.45, 2.75) is 25.2 Å². The second kappa shape index (κ2) is 2.28. The fraction of sp³-hybridized carbons (Fsp3) is 0.444. The van der Waals surface area contributed by atoms with Crippen LogP contribution in [0.15, 0.2) is 12.5 Å². The molecule has 1 saturated carbocycles. The van der Waals surface area contributed by atoms with Crippen molar-refractivity contribution < 1.29 is 0 Å². The summed E-state index contributed by atoms with van der Waals surface area (Å²) in [4.78, 5) is 8.01. The summed E-state index contributed by atoms with van der Waals surface area (Å²) in [7, 11) is 0. The highest BCUT2D eigenvalue weighted by Gasteiger charge is 2.46. The quantitative estimate of drug-likeness (QED) is 0.621. The van der Waals surface area contributed by atoms with E-state index < -0.39 is 0 Å². The van der Waals surface area contributed by atoms with Crippen LogP contribution in [-0.2, 0) is 5.41 Å². The normalized spacial score (nSPS) is 18.3. The summed E-state index contributed by atoms with van der Waals surface area (Å²) >= 11 is 0. The number of aromatic nitrogens is 2. The summed E-state index contributed by atoms with van der Waals surface area (Å²) in [6, 6.07) is 2.33. The van der Waals surface area contributed by atoms with E-state index in [0.717, 1.165) is 24.1 Å². The smallest absolute Gasteiger partial charge is 0.115 e. The molecule has 2 rings (SSSR count). The van der Waals surface area contributed by atoms with Gasteiger partial charge in [-0.05, 0) is 19.8 Å². The van der Waals surface area contributed by atoms with Crippen molar-refractivity contribution in [3.8, 4) is 6.07 Å². The van der Waals surface area contributed by atoms with E-state index in [9.17, 15) is 0 Å². The van der Waals surface area contributed by atoms with Gasteiger partial charge in [-0.25, -0.2) is 9.97 Å². The largest absolute Gasteiger partial charge is 0.244 e. The van der Waals surface area contributed by atoms with Crippen LogP contribution in [0.5, 0.6) is 0 Å². The first-order valence-corrected chi connectivity index (χ1v) is 3.97. The molecule has 3 nitrogen and oxygen atoms in total. The molecular formula is C9H9N3. The number of rotatable bonds is 1. The van der Waals surface area contributed by atoms with Crippen LogP contribution in [-0.4, -0.2) is 9.97 Å². The second-order valence-electron chi connectivity index (χ2n) is 3.22. The van der Waals surface area contributed by atoms with Crippen molar-refractivity contribution in [2.75, 3.05) is 0 Å². The Balaban J connectivity index is 2.48. The fourth-order valence-corrected chi connectivity index (χ4v) is 1.43. The van der Waals surface area contributed by atoms with Gasteiger partial charge in [0, 0.05) is 17.5 Å². The molecule has 1 fully saturated rings. The highest BCUT2D eigenvalue weighted by atomic mass is 14.8. The fourth-order valence-electron chi connectivity index (χ4n) is 1.43. The van der Waals surface area contributed by atoms with Gasteiger partial charge in [-0.1, -0.05) is 0 Å². The summed E-state index contributed by atoms with van der Waals surface area (Å²) in [5.41, 5.74) is 1.70. The Morgan fingerprint density at radius 2 is 2.33 bits per heavy atom. The average molecular weight is 159 g/mol. The van der Waals surface area contributed by atoms with Crippen molar-refractivity contribution >= 4 is 0 Å². The summed E-state index contributed by atoms with van der Waals surface area (Å²) < 4.78 is 0. The summed E-state index contributed by atoms with van der Waals surface area (Å²) in [5.74, 6) is 0. The number of hydrogen-bond donors (Lipinski definition) is 0. The van der Waals surface area contributed by atoms with Crippen molar-refractivity contribution in [3.05, 3.63) is 23.8 Å². The number of hydrogen-bond acceptors (Lipinski definition) is 3. The molecule has 1 aliphatic carbocycles. The Hall–Kier alpha value is -1.43. The van der Waals surface area contributed by atoms with E-state index in [4.69, 9.17) is 5.26 Å². The molecule has 1 aromatic heterocycles. The van der Waals surface area contributed by atoms with Gasteiger partial charge in [-0.15, -0.1) is 0 Å². The highest BCUT2D eigenvalue weighted by molar-refractivity contribution is 5.39. The summed E-state index contributed by atoms with van der Waals surface area (Å²) in [6.07, 6.45) is 5.19. The molecule has 3 heteroatoms. The lowest BCUT2D eigenvalue weighted by Gasteiger charge is -2.06. The Kier molecular flexibility index (Phi) is 1.37. The molecule has 12 heavy (non-hydrogen) atoms. The van der Waals surface area contributed by atoms with Crippen LogP contribution < -0.4 is 0 Å². The van der Waals surface area contributed by atoms with Gasteiger partial charge in [-0.2, -0.15) is 5.26 Å². The molecule has 0 radical (unpaired) electrons.